The molecule has 0 saturated carbocycles. The quantitative estimate of drug-likeness (QED) is 0.428. The standard InChI is InChI=1S/C25H19ClFN3O4/c1-30-21-6-4-3-5-16(21)18(13-23(30)31)25(33)28-15-8-10-22(34-2)20(12-15)29-24(32)17-9-7-14(26)11-19(17)27/h3-13H,1-2H3,(H,28,33)(H,29,32). The molecule has 0 saturated heterocycles. The highest BCUT2D eigenvalue weighted by molar-refractivity contribution is 6.30. The molecule has 0 spiro atoms. The minimum absolute atomic E-state index is 0.166. The van der Waals surface area contributed by atoms with Crippen molar-refractivity contribution in [2.24, 2.45) is 7.05 Å². The normalized spacial score (nSPS) is 10.7. The van der Waals surface area contributed by atoms with Gasteiger partial charge in [0.2, 0.25) is 0 Å². The molecule has 1 heterocycles. The highest BCUT2D eigenvalue weighted by Gasteiger charge is 2.17. The lowest BCUT2D eigenvalue weighted by molar-refractivity contribution is 0.101. The van der Waals surface area contributed by atoms with Gasteiger partial charge in [0.15, 0.2) is 0 Å². The Labute approximate surface area is 198 Å². The molecule has 0 unspecified atom stereocenters. The van der Waals surface area contributed by atoms with Gasteiger partial charge in [-0.15, -0.1) is 0 Å². The van der Waals surface area contributed by atoms with E-state index in [1.807, 2.05) is 0 Å². The molecule has 0 radical (unpaired) electrons. The second-order valence-electron chi connectivity index (χ2n) is 7.42. The van der Waals surface area contributed by atoms with Crippen LogP contribution in [0.5, 0.6) is 5.75 Å². The van der Waals surface area contributed by atoms with E-state index in [2.05, 4.69) is 10.6 Å². The van der Waals surface area contributed by atoms with E-state index in [1.165, 1.54) is 35.9 Å². The molecule has 7 nitrogen and oxygen atoms in total. The number of carbonyl (C=O) groups excluding carboxylic acids is 2. The lowest BCUT2D eigenvalue weighted by atomic mass is 10.1. The Morgan fingerprint density at radius 2 is 1.68 bits per heavy atom. The van der Waals surface area contributed by atoms with Crippen LogP contribution in [0, 0.1) is 5.82 Å². The monoisotopic (exact) mass is 479 g/mol. The molecule has 3 aromatic carbocycles. The molecule has 4 aromatic rings. The zero-order chi connectivity index (χ0) is 24.4. The fourth-order valence-electron chi connectivity index (χ4n) is 3.54. The third kappa shape index (κ3) is 4.49. The topological polar surface area (TPSA) is 89.4 Å². The Bertz CT molecular complexity index is 1500. The number of halogens is 2. The van der Waals surface area contributed by atoms with E-state index >= 15 is 0 Å². The number of amides is 2. The molecule has 0 aliphatic rings. The number of para-hydroxylation sites is 1. The van der Waals surface area contributed by atoms with E-state index in [-0.39, 0.29) is 27.4 Å². The summed E-state index contributed by atoms with van der Waals surface area (Å²) in [5, 5.41) is 6.10. The lowest BCUT2D eigenvalue weighted by Crippen LogP contribution is -2.21. The van der Waals surface area contributed by atoms with Crippen LogP contribution in [0.15, 0.2) is 71.5 Å². The first-order valence-corrected chi connectivity index (χ1v) is 10.5. The zero-order valence-electron chi connectivity index (χ0n) is 18.2. The smallest absolute Gasteiger partial charge is 0.258 e. The predicted octanol–water partition coefficient (Wildman–Crippen LogP) is 4.84. The summed E-state index contributed by atoms with van der Waals surface area (Å²) in [6.45, 7) is 0. The van der Waals surface area contributed by atoms with Crippen LogP contribution in [0.2, 0.25) is 5.02 Å². The van der Waals surface area contributed by atoms with Crippen LogP contribution in [-0.2, 0) is 7.05 Å². The predicted molar refractivity (Wildman–Crippen MR) is 129 cm³/mol. The van der Waals surface area contributed by atoms with Crippen molar-refractivity contribution in [2.75, 3.05) is 17.7 Å². The Morgan fingerprint density at radius 3 is 2.41 bits per heavy atom. The van der Waals surface area contributed by atoms with Crippen molar-refractivity contribution in [3.63, 3.8) is 0 Å². The van der Waals surface area contributed by atoms with Gasteiger partial charge in [-0.05, 0) is 42.5 Å². The molecule has 2 amide bonds. The van der Waals surface area contributed by atoms with Crippen molar-refractivity contribution in [3.8, 4) is 5.75 Å². The average Bonchev–Trinajstić information content (AvgIpc) is 2.81. The average molecular weight is 480 g/mol. The van der Waals surface area contributed by atoms with Crippen molar-refractivity contribution >= 4 is 45.7 Å². The number of nitrogens with zero attached hydrogens (tertiary/aromatic N) is 1. The summed E-state index contributed by atoms with van der Waals surface area (Å²) in [5.41, 5.74) is 0.857. The number of rotatable bonds is 5. The molecular weight excluding hydrogens is 461 g/mol. The van der Waals surface area contributed by atoms with E-state index in [4.69, 9.17) is 16.3 Å². The number of methoxy groups -OCH3 is 1. The van der Waals surface area contributed by atoms with E-state index in [0.29, 0.717) is 22.3 Å². The molecule has 0 bridgehead atoms. The summed E-state index contributed by atoms with van der Waals surface area (Å²) >= 11 is 5.75. The zero-order valence-corrected chi connectivity index (χ0v) is 18.9. The van der Waals surface area contributed by atoms with Crippen LogP contribution < -0.4 is 20.9 Å². The minimum Gasteiger partial charge on any atom is -0.495 e. The first-order valence-electron chi connectivity index (χ1n) is 10.1. The van der Waals surface area contributed by atoms with Crippen molar-refractivity contribution in [3.05, 3.63) is 99.1 Å². The Morgan fingerprint density at radius 1 is 0.941 bits per heavy atom. The van der Waals surface area contributed by atoms with Gasteiger partial charge in [0, 0.05) is 29.2 Å². The Balaban J connectivity index is 1.64. The van der Waals surface area contributed by atoms with Crippen molar-refractivity contribution < 1.29 is 18.7 Å². The van der Waals surface area contributed by atoms with Gasteiger partial charge in [0.25, 0.3) is 17.4 Å². The molecular formula is C25H19ClFN3O4. The van der Waals surface area contributed by atoms with Gasteiger partial charge < -0.3 is 19.9 Å². The number of benzene rings is 3. The number of hydrogen-bond acceptors (Lipinski definition) is 4. The fourth-order valence-corrected chi connectivity index (χ4v) is 3.70. The van der Waals surface area contributed by atoms with E-state index in [9.17, 15) is 18.8 Å². The molecule has 1 aromatic heterocycles. The SMILES string of the molecule is COc1ccc(NC(=O)c2cc(=O)n(C)c3ccccc23)cc1NC(=O)c1ccc(Cl)cc1F. The van der Waals surface area contributed by atoms with Crippen LogP contribution in [0.25, 0.3) is 10.9 Å². The number of aromatic nitrogens is 1. The van der Waals surface area contributed by atoms with Crippen LogP contribution in [0.3, 0.4) is 0 Å². The summed E-state index contributed by atoms with van der Waals surface area (Å²) in [6, 6.07) is 16.7. The van der Waals surface area contributed by atoms with E-state index < -0.39 is 17.6 Å². The first kappa shape index (κ1) is 23.0. The summed E-state index contributed by atoms with van der Waals surface area (Å²) in [6.07, 6.45) is 0. The number of anilines is 2. The molecule has 0 fully saturated rings. The first-order chi connectivity index (χ1) is 16.3. The van der Waals surface area contributed by atoms with Crippen LogP contribution in [0.4, 0.5) is 15.8 Å². The van der Waals surface area contributed by atoms with Gasteiger partial charge >= 0.3 is 0 Å². The molecule has 0 aliphatic carbocycles. The number of aryl methyl sites for hydroxylation is 1. The number of nitrogens with one attached hydrogen (secondary N) is 2. The third-order valence-corrected chi connectivity index (χ3v) is 5.51. The summed E-state index contributed by atoms with van der Waals surface area (Å²) in [4.78, 5) is 38.0. The van der Waals surface area contributed by atoms with E-state index in [1.54, 1.807) is 43.4 Å². The van der Waals surface area contributed by atoms with Crippen LogP contribution in [-0.4, -0.2) is 23.5 Å². The van der Waals surface area contributed by atoms with Gasteiger partial charge in [-0.25, -0.2) is 4.39 Å². The second kappa shape index (κ2) is 9.36. The van der Waals surface area contributed by atoms with Gasteiger partial charge in [-0.3, -0.25) is 14.4 Å². The second-order valence-corrected chi connectivity index (χ2v) is 7.86. The molecule has 2 N–H and O–H groups in total. The highest BCUT2D eigenvalue weighted by atomic mass is 35.5. The molecule has 9 heteroatoms. The maximum Gasteiger partial charge on any atom is 0.258 e. The molecule has 4 rings (SSSR count). The van der Waals surface area contributed by atoms with Crippen molar-refractivity contribution in [1.29, 1.82) is 0 Å². The van der Waals surface area contributed by atoms with Crippen LogP contribution in [0.1, 0.15) is 20.7 Å². The van der Waals surface area contributed by atoms with Crippen molar-refractivity contribution in [1.82, 2.24) is 4.57 Å². The summed E-state index contributed by atoms with van der Waals surface area (Å²) < 4.78 is 20.9. The number of ether oxygens (including phenoxy) is 1. The lowest BCUT2D eigenvalue weighted by Gasteiger charge is -2.14. The van der Waals surface area contributed by atoms with Gasteiger partial charge in [0.05, 0.1) is 29.4 Å². The Kier molecular flexibility index (Phi) is 6.34. The third-order valence-electron chi connectivity index (χ3n) is 5.28. The van der Waals surface area contributed by atoms with Gasteiger partial charge in [-0.1, -0.05) is 29.8 Å². The summed E-state index contributed by atoms with van der Waals surface area (Å²) in [5.74, 6) is -1.68. The number of carbonyl (C=O) groups is 2. The maximum absolute atomic E-state index is 14.2. The largest absolute Gasteiger partial charge is 0.495 e. The van der Waals surface area contributed by atoms with Crippen molar-refractivity contribution in [2.45, 2.75) is 0 Å². The Hall–Kier alpha value is -4.17. The van der Waals surface area contributed by atoms with Crippen LogP contribution >= 0.6 is 11.6 Å². The molecule has 34 heavy (non-hydrogen) atoms. The minimum atomic E-state index is -0.772. The highest BCUT2D eigenvalue weighted by Crippen LogP contribution is 2.29. The van der Waals surface area contributed by atoms with E-state index in [0.717, 1.165) is 6.07 Å². The number of hydrogen-bond donors (Lipinski definition) is 2. The van der Waals surface area contributed by atoms with Gasteiger partial charge in [-0.2, -0.15) is 0 Å². The maximum atomic E-state index is 14.2. The number of fused-ring (bicyclic) bond motifs is 1. The van der Waals surface area contributed by atoms with Gasteiger partial charge in [0.1, 0.15) is 11.6 Å². The molecule has 0 aliphatic heterocycles. The molecule has 172 valence electrons. The fraction of sp³-hybridized carbons (Fsp3) is 0.0800. The number of pyridine rings is 1. The summed E-state index contributed by atoms with van der Waals surface area (Å²) in [7, 11) is 3.05. The molecule has 0 atom stereocenters.